The summed E-state index contributed by atoms with van der Waals surface area (Å²) in [7, 11) is 1.48. The van der Waals surface area contributed by atoms with E-state index in [2.05, 4.69) is 15.8 Å². The third kappa shape index (κ3) is 7.58. The normalized spacial score (nSPS) is 10.5. The Labute approximate surface area is 210 Å². The highest BCUT2D eigenvalue weighted by molar-refractivity contribution is 5.94. The molecule has 0 aromatic heterocycles. The fourth-order valence-corrected chi connectivity index (χ4v) is 3.06. The molecule has 13 nitrogen and oxygen atoms in total. The van der Waals surface area contributed by atoms with Gasteiger partial charge in [0.15, 0.2) is 0 Å². The molecule has 3 aromatic rings. The number of benzene rings is 3. The molecule has 2 N–H and O–H groups in total. The second-order valence-corrected chi connectivity index (χ2v) is 7.38. The molecular weight excluding hydrogens is 486 g/mol. The van der Waals surface area contributed by atoms with Crippen LogP contribution in [0.1, 0.15) is 18.4 Å². The molecule has 0 saturated heterocycles. The van der Waals surface area contributed by atoms with Crippen molar-refractivity contribution in [2.45, 2.75) is 12.8 Å². The second kappa shape index (κ2) is 12.4. The third-order valence-electron chi connectivity index (χ3n) is 4.80. The Balaban J connectivity index is 1.55. The number of hydrogen-bond acceptors (Lipinski definition) is 9. The van der Waals surface area contributed by atoms with E-state index in [1.807, 2.05) is 0 Å². The Morgan fingerprint density at radius 2 is 1.68 bits per heavy atom. The summed E-state index contributed by atoms with van der Waals surface area (Å²) < 4.78 is 10.7. The van der Waals surface area contributed by atoms with Gasteiger partial charge in [0.05, 0.1) is 34.9 Å². The number of nitro groups is 2. The van der Waals surface area contributed by atoms with E-state index in [1.165, 1.54) is 25.5 Å². The van der Waals surface area contributed by atoms with Crippen molar-refractivity contribution in [2.24, 2.45) is 5.10 Å². The number of carbonyl (C=O) groups excluding carboxylic acids is 2. The van der Waals surface area contributed by atoms with Crippen LogP contribution in [0.3, 0.4) is 0 Å². The fraction of sp³-hybridized carbons (Fsp3) is 0.125. The van der Waals surface area contributed by atoms with E-state index in [0.29, 0.717) is 17.0 Å². The number of nitro benzene ring substituents is 2. The van der Waals surface area contributed by atoms with Crippen molar-refractivity contribution in [3.8, 4) is 17.2 Å². The summed E-state index contributed by atoms with van der Waals surface area (Å²) in [6.45, 7) is 0. The summed E-state index contributed by atoms with van der Waals surface area (Å²) in [5.41, 5.74) is 2.31. The van der Waals surface area contributed by atoms with Crippen LogP contribution in [-0.2, 0) is 9.59 Å². The average Bonchev–Trinajstić information content (AvgIpc) is 2.88. The summed E-state index contributed by atoms with van der Waals surface area (Å²) in [4.78, 5) is 44.8. The molecule has 13 heteroatoms. The van der Waals surface area contributed by atoms with Crippen molar-refractivity contribution in [1.29, 1.82) is 0 Å². The number of nitrogens with one attached hydrogen (secondary N) is 2. The Kier molecular flexibility index (Phi) is 8.80. The minimum Gasteiger partial charge on any atom is -0.495 e. The average molecular weight is 507 g/mol. The molecule has 0 unspecified atom stereocenters. The van der Waals surface area contributed by atoms with Crippen LogP contribution in [0.25, 0.3) is 0 Å². The molecule has 0 saturated carbocycles. The van der Waals surface area contributed by atoms with Gasteiger partial charge in [0.25, 0.3) is 5.69 Å². The number of methoxy groups -OCH3 is 1. The molecule has 0 aliphatic heterocycles. The number of para-hydroxylation sites is 2. The Hall–Kier alpha value is -5.33. The van der Waals surface area contributed by atoms with E-state index >= 15 is 0 Å². The van der Waals surface area contributed by atoms with Gasteiger partial charge in [-0.05, 0) is 35.9 Å². The van der Waals surface area contributed by atoms with Crippen LogP contribution in [0, 0.1) is 20.2 Å². The second-order valence-electron chi connectivity index (χ2n) is 7.38. The van der Waals surface area contributed by atoms with Gasteiger partial charge in [0, 0.05) is 18.9 Å². The van der Waals surface area contributed by atoms with Gasteiger partial charge in [-0.15, -0.1) is 0 Å². The van der Waals surface area contributed by atoms with Crippen LogP contribution in [0.4, 0.5) is 17.1 Å². The standard InChI is InChI=1S/C24H21N5O8/c1-36-21-8-3-2-7-19(21)26-23(30)11-12-24(31)27-25-15-16-5-4-6-18(13-16)37-22-10-9-17(28(32)33)14-20(22)29(34)35/h2-10,13-15H,11-12H2,1H3,(H,26,30)(H,27,31). The van der Waals surface area contributed by atoms with Crippen molar-refractivity contribution in [1.82, 2.24) is 5.43 Å². The quantitative estimate of drug-likeness (QED) is 0.221. The van der Waals surface area contributed by atoms with Crippen molar-refractivity contribution in [3.63, 3.8) is 0 Å². The first-order valence-corrected chi connectivity index (χ1v) is 10.7. The van der Waals surface area contributed by atoms with Crippen molar-refractivity contribution in [3.05, 3.63) is 92.5 Å². The summed E-state index contributed by atoms with van der Waals surface area (Å²) in [5, 5.41) is 28.7. The molecule has 37 heavy (non-hydrogen) atoms. The minimum atomic E-state index is -0.778. The SMILES string of the molecule is COc1ccccc1NC(=O)CCC(=O)NN=Cc1cccc(Oc2ccc([N+](=O)[O-])cc2[N+](=O)[O-])c1. The van der Waals surface area contributed by atoms with E-state index in [0.717, 1.165) is 18.2 Å². The highest BCUT2D eigenvalue weighted by atomic mass is 16.6. The predicted octanol–water partition coefficient (Wildman–Crippen LogP) is 4.17. The fourth-order valence-electron chi connectivity index (χ4n) is 3.06. The highest BCUT2D eigenvalue weighted by Crippen LogP contribution is 2.34. The molecule has 0 spiro atoms. The molecule has 0 atom stereocenters. The number of rotatable bonds is 11. The first kappa shape index (κ1) is 26.3. The molecule has 0 bridgehead atoms. The van der Waals surface area contributed by atoms with Crippen LogP contribution >= 0.6 is 0 Å². The zero-order valence-electron chi connectivity index (χ0n) is 19.5. The highest BCUT2D eigenvalue weighted by Gasteiger charge is 2.21. The molecule has 0 aliphatic carbocycles. The minimum absolute atomic E-state index is 0.0727. The van der Waals surface area contributed by atoms with Crippen molar-refractivity contribution >= 4 is 35.1 Å². The number of hydrogen-bond donors (Lipinski definition) is 2. The summed E-state index contributed by atoms with van der Waals surface area (Å²) in [6, 6.07) is 16.2. The van der Waals surface area contributed by atoms with Gasteiger partial charge < -0.3 is 14.8 Å². The molecule has 2 amide bonds. The van der Waals surface area contributed by atoms with E-state index in [4.69, 9.17) is 9.47 Å². The lowest BCUT2D eigenvalue weighted by Crippen LogP contribution is -2.20. The van der Waals surface area contributed by atoms with Gasteiger partial charge >= 0.3 is 5.69 Å². The third-order valence-corrected chi connectivity index (χ3v) is 4.80. The maximum absolute atomic E-state index is 12.1. The monoisotopic (exact) mass is 507 g/mol. The molecule has 3 aromatic carbocycles. The van der Waals surface area contributed by atoms with Gasteiger partial charge in [-0.25, -0.2) is 5.43 Å². The number of amides is 2. The van der Waals surface area contributed by atoms with Gasteiger partial charge in [-0.3, -0.25) is 29.8 Å². The summed E-state index contributed by atoms with van der Waals surface area (Å²) >= 11 is 0. The van der Waals surface area contributed by atoms with Crippen LogP contribution < -0.4 is 20.2 Å². The molecule has 0 fully saturated rings. The number of nitrogens with zero attached hydrogens (tertiary/aromatic N) is 3. The number of hydrazone groups is 1. The Morgan fingerprint density at radius 1 is 0.919 bits per heavy atom. The van der Waals surface area contributed by atoms with Crippen molar-refractivity contribution in [2.75, 3.05) is 12.4 Å². The topological polar surface area (TPSA) is 175 Å². The molecule has 190 valence electrons. The summed E-state index contributed by atoms with van der Waals surface area (Å²) in [5.74, 6) is -0.321. The van der Waals surface area contributed by atoms with Crippen LogP contribution in [0.5, 0.6) is 17.2 Å². The Morgan fingerprint density at radius 3 is 2.41 bits per heavy atom. The van der Waals surface area contributed by atoms with Gasteiger partial charge in [-0.1, -0.05) is 24.3 Å². The largest absolute Gasteiger partial charge is 0.495 e. The molecule has 0 radical (unpaired) electrons. The van der Waals surface area contributed by atoms with Crippen LogP contribution in [-0.4, -0.2) is 35.0 Å². The molecule has 3 rings (SSSR count). The van der Waals surface area contributed by atoms with Crippen LogP contribution in [0.2, 0.25) is 0 Å². The molecule has 0 heterocycles. The van der Waals surface area contributed by atoms with E-state index in [-0.39, 0.29) is 30.2 Å². The number of anilines is 1. The predicted molar refractivity (Wildman–Crippen MR) is 133 cm³/mol. The lowest BCUT2D eigenvalue weighted by Gasteiger charge is -2.09. The number of carbonyl (C=O) groups is 2. The maximum Gasteiger partial charge on any atom is 0.318 e. The lowest BCUT2D eigenvalue weighted by atomic mass is 10.2. The maximum atomic E-state index is 12.1. The van der Waals surface area contributed by atoms with Crippen molar-refractivity contribution < 1.29 is 28.9 Å². The zero-order valence-corrected chi connectivity index (χ0v) is 19.5. The lowest BCUT2D eigenvalue weighted by molar-refractivity contribution is -0.394. The number of non-ortho nitro benzene ring substituents is 1. The first-order chi connectivity index (χ1) is 17.8. The van der Waals surface area contributed by atoms with E-state index < -0.39 is 27.1 Å². The molecular formula is C24H21N5O8. The molecule has 0 aliphatic rings. The van der Waals surface area contributed by atoms with Gasteiger partial charge in [0.2, 0.25) is 17.6 Å². The van der Waals surface area contributed by atoms with Crippen LogP contribution in [0.15, 0.2) is 71.8 Å². The zero-order chi connectivity index (χ0) is 26.8. The van der Waals surface area contributed by atoms with E-state index in [1.54, 1.807) is 36.4 Å². The van der Waals surface area contributed by atoms with Gasteiger partial charge in [-0.2, -0.15) is 5.10 Å². The number of ether oxygens (including phenoxy) is 2. The first-order valence-electron chi connectivity index (χ1n) is 10.7. The summed E-state index contributed by atoms with van der Waals surface area (Å²) in [6.07, 6.45) is 1.14. The van der Waals surface area contributed by atoms with E-state index in [9.17, 15) is 29.8 Å². The smallest absolute Gasteiger partial charge is 0.318 e. The Bertz CT molecular complexity index is 1360. The van der Waals surface area contributed by atoms with Gasteiger partial charge in [0.1, 0.15) is 11.5 Å².